The van der Waals surface area contributed by atoms with Crippen LogP contribution in [0.3, 0.4) is 0 Å². The number of hydrogen-bond donors (Lipinski definition) is 3. The summed E-state index contributed by atoms with van der Waals surface area (Å²) in [4.78, 5) is 42.0. The van der Waals surface area contributed by atoms with E-state index in [4.69, 9.17) is 0 Å². The summed E-state index contributed by atoms with van der Waals surface area (Å²) in [5.41, 5.74) is 3.97. The molecule has 0 bridgehead atoms. The van der Waals surface area contributed by atoms with Crippen LogP contribution in [0.4, 0.5) is 17.1 Å². The summed E-state index contributed by atoms with van der Waals surface area (Å²) >= 11 is 1.58. The summed E-state index contributed by atoms with van der Waals surface area (Å²) in [6.07, 6.45) is 0. The average molecular weight is 752 g/mol. The molecule has 14 heteroatoms. The fourth-order valence-corrected chi connectivity index (χ4v) is 7.84. The van der Waals surface area contributed by atoms with Crippen molar-refractivity contribution in [1.82, 2.24) is 9.62 Å². The Hall–Kier alpha value is -5.86. The third-order valence-electron chi connectivity index (χ3n) is 8.82. The number of hydrogen-bond acceptors (Lipinski definition) is 10. The van der Waals surface area contributed by atoms with Gasteiger partial charge in [-0.2, -0.15) is 0 Å². The van der Waals surface area contributed by atoms with Gasteiger partial charge in [0.15, 0.2) is 0 Å². The number of rotatable bonds is 12. The molecule has 3 N–H and O–H groups in total. The van der Waals surface area contributed by atoms with Crippen LogP contribution in [0.1, 0.15) is 26.3 Å². The molecule has 53 heavy (non-hydrogen) atoms. The molecule has 0 atom stereocenters. The van der Waals surface area contributed by atoms with Gasteiger partial charge in [-0.1, -0.05) is 36.4 Å². The number of aryl methyl sites for hydroxylation is 1. The zero-order valence-corrected chi connectivity index (χ0v) is 30.4. The fourth-order valence-electron chi connectivity index (χ4n) is 6.06. The number of carbonyl (C=O) groups excluding carboxylic acids is 2. The van der Waals surface area contributed by atoms with E-state index in [1.165, 1.54) is 24.3 Å². The van der Waals surface area contributed by atoms with Gasteiger partial charge in [-0.05, 0) is 96.4 Å². The molecule has 1 aliphatic heterocycles. The van der Waals surface area contributed by atoms with Crippen molar-refractivity contribution in [2.45, 2.75) is 16.7 Å². The van der Waals surface area contributed by atoms with E-state index in [1.807, 2.05) is 60.2 Å². The Morgan fingerprint density at radius 1 is 0.849 bits per heavy atom. The van der Waals surface area contributed by atoms with Crippen molar-refractivity contribution in [3.63, 3.8) is 0 Å². The lowest BCUT2D eigenvalue weighted by molar-refractivity contribution is -0.384. The lowest BCUT2D eigenvalue weighted by Crippen LogP contribution is -2.48. The van der Waals surface area contributed by atoms with Gasteiger partial charge in [0.05, 0.1) is 9.82 Å². The van der Waals surface area contributed by atoms with Crippen LogP contribution in [0, 0.1) is 17.0 Å². The van der Waals surface area contributed by atoms with Gasteiger partial charge in [-0.25, -0.2) is 13.1 Å². The number of thioether (sulfide) groups is 1. The van der Waals surface area contributed by atoms with Crippen molar-refractivity contribution < 1.29 is 28.0 Å². The number of anilines is 2. The van der Waals surface area contributed by atoms with Crippen molar-refractivity contribution in [2.24, 2.45) is 0 Å². The Kier molecular flexibility index (Phi) is 11.3. The number of amides is 2. The molecule has 12 nitrogen and oxygen atoms in total. The predicted octanol–water partition coefficient (Wildman–Crippen LogP) is 6.56. The van der Waals surface area contributed by atoms with Crippen molar-refractivity contribution in [3.8, 4) is 16.9 Å². The van der Waals surface area contributed by atoms with Crippen molar-refractivity contribution in [1.29, 1.82) is 0 Å². The van der Waals surface area contributed by atoms with Crippen LogP contribution in [0.25, 0.3) is 11.1 Å². The summed E-state index contributed by atoms with van der Waals surface area (Å²) in [6, 6.07) is 32.2. The highest BCUT2D eigenvalue weighted by Gasteiger charge is 2.25. The van der Waals surface area contributed by atoms with Gasteiger partial charge in [0.25, 0.3) is 27.5 Å². The molecular formula is C39H37N5O7S2. The lowest BCUT2D eigenvalue weighted by atomic mass is 9.98. The molecule has 6 rings (SSSR count). The zero-order valence-electron chi connectivity index (χ0n) is 28.8. The van der Waals surface area contributed by atoms with Gasteiger partial charge >= 0.3 is 0 Å². The molecule has 2 amide bonds. The number of nitrogens with zero attached hydrogens (tertiary/aromatic N) is 3. The standard InChI is InChI=1S/C39H37N5O7S2/c1-27-24-30(12-16-35(27)29-6-5-7-32(45)25-29)39(47)43-21-19-42(20-22-43)31-13-10-28(11-14-31)38(46)41-53(50,51)34-15-17-36(37(26-34)44(48)49)40-18-23-52-33-8-3-2-4-9-33/h2-17,24-26,40,45H,18-23H2,1H3,(H,41,46). The number of nitro groups is 1. The molecule has 0 radical (unpaired) electrons. The number of nitro benzene ring substituents is 1. The van der Waals surface area contributed by atoms with Gasteiger partial charge in [-0.15, -0.1) is 11.8 Å². The molecule has 0 saturated carbocycles. The normalized spacial score (nSPS) is 13.0. The number of carbonyl (C=O) groups is 2. The fraction of sp³-hybridized carbons (Fsp3) is 0.179. The number of phenolic OH excluding ortho intramolecular Hbond substituents is 1. The van der Waals surface area contributed by atoms with E-state index in [0.29, 0.717) is 44.0 Å². The quantitative estimate of drug-likeness (QED) is 0.0551. The van der Waals surface area contributed by atoms with Gasteiger partial charge in [-0.3, -0.25) is 19.7 Å². The second-order valence-corrected chi connectivity index (χ2v) is 15.2. The Morgan fingerprint density at radius 2 is 1.57 bits per heavy atom. The first-order valence-electron chi connectivity index (χ1n) is 16.8. The second kappa shape index (κ2) is 16.2. The van der Waals surface area contributed by atoms with Gasteiger partial charge in [0.1, 0.15) is 11.4 Å². The number of sulfonamides is 1. The smallest absolute Gasteiger partial charge is 0.293 e. The highest BCUT2D eigenvalue weighted by atomic mass is 32.2. The average Bonchev–Trinajstić information content (AvgIpc) is 3.16. The molecule has 5 aromatic rings. The van der Waals surface area contributed by atoms with E-state index in [9.17, 15) is 33.2 Å². The van der Waals surface area contributed by atoms with E-state index in [-0.39, 0.29) is 22.9 Å². The van der Waals surface area contributed by atoms with Crippen molar-refractivity contribution in [3.05, 3.63) is 142 Å². The number of benzene rings is 5. The van der Waals surface area contributed by atoms with Crippen LogP contribution in [0.5, 0.6) is 5.75 Å². The van der Waals surface area contributed by atoms with Crippen LogP contribution in [0.2, 0.25) is 0 Å². The third-order valence-corrected chi connectivity index (χ3v) is 11.2. The zero-order chi connectivity index (χ0) is 37.5. The van der Waals surface area contributed by atoms with Gasteiger partial charge in [0, 0.05) is 66.3 Å². The van der Waals surface area contributed by atoms with Crippen molar-refractivity contribution in [2.75, 3.05) is 48.7 Å². The first-order valence-corrected chi connectivity index (χ1v) is 19.3. The van der Waals surface area contributed by atoms with E-state index in [1.54, 1.807) is 53.1 Å². The minimum absolute atomic E-state index is 0.0717. The summed E-state index contributed by atoms with van der Waals surface area (Å²) in [5.74, 6) is -0.140. The number of phenols is 1. The second-order valence-electron chi connectivity index (χ2n) is 12.4. The Bertz CT molecular complexity index is 2240. The van der Waals surface area contributed by atoms with E-state index in [2.05, 4.69) is 10.2 Å². The monoisotopic (exact) mass is 751 g/mol. The van der Waals surface area contributed by atoms with Gasteiger partial charge in [0.2, 0.25) is 0 Å². The van der Waals surface area contributed by atoms with Crippen LogP contribution in [0.15, 0.2) is 125 Å². The maximum absolute atomic E-state index is 13.3. The largest absolute Gasteiger partial charge is 0.508 e. The summed E-state index contributed by atoms with van der Waals surface area (Å²) in [5, 5.41) is 24.6. The Balaban J connectivity index is 1.02. The van der Waals surface area contributed by atoms with E-state index >= 15 is 0 Å². The first-order chi connectivity index (χ1) is 25.5. The molecule has 1 saturated heterocycles. The highest BCUT2D eigenvalue weighted by molar-refractivity contribution is 7.99. The Labute approximate surface area is 311 Å². The van der Waals surface area contributed by atoms with Crippen LogP contribution < -0.4 is 14.9 Å². The predicted molar refractivity (Wildman–Crippen MR) is 206 cm³/mol. The summed E-state index contributed by atoms with van der Waals surface area (Å²) in [7, 11) is -4.42. The highest BCUT2D eigenvalue weighted by Crippen LogP contribution is 2.30. The molecule has 272 valence electrons. The lowest BCUT2D eigenvalue weighted by Gasteiger charge is -2.36. The van der Waals surface area contributed by atoms with E-state index < -0.39 is 31.4 Å². The maximum Gasteiger partial charge on any atom is 0.293 e. The van der Waals surface area contributed by atoms with Crippen LogP contribution >= 0.6 is 11.8 Å². The SMILES string of the molecule is Cc1cc(C(=O)N2CCN(c3ccc(C(=O)NS(=O)(=O)c4ccc(NCCSc5ccccc5)c([N+](=O)[O-])c4)cc3)CC2)ccc1-c1cccc(O)c1. The number of nitrogens with one attached hydrogen (secondary N) is 2. The molecule has 1 heterocycles. The molecule has 1 aliphatic rings. The van der Waals surface area contributed by atoms with E-state index in [0.717, 1.165) is 33.3 Å². The molecule has 0 spiro atoms. The first kappa shape index (κ1) is 36.9. The topological polar surface area (TPSA) is 162 Å². The molecular weight excluding hydrogens is 715 g/mol. The maximum atomic E-state index is 13.3. The summed E-state index contributed by atoms with van der Waals surface area (Å²) < 4.78 is 28.2. The summed E-state index contributed by atoms with van der Waals surface area (Å²) in [6.45, 7) is 4.43. The number of piperazine rings is 1. The minimum atomic E-state index is -4.42. The van der Waals surface area contributed by atoms with Crippen LogP contribution in [-0.2, 0) is 10.0 Å². The minimum Gasteiger partial charge on any atom is -0.508 e. The molecule has 0 unspecified atom stereocenters. The molecule has 5 aromatic carbocycles. The molecule has 1 fully saturated rings. The number of aromatic hydroxyl groups is 1. The molecule has 0 aliphatic carbocycles. The third kappa shape index (κ3) is 8.96. The van der Waals surface area contributed by atoms with Gasteiger partial charge < -0.3 is 20.2 Å². The Morgan fingerprint density at radius 3 is 2.25 bits per heavy atom. The van der Waals surface area contributed by atoms with Crippen LogP contribution in [-0.4, -0.2) is 73.6 Å². The van der Waals surface area contributed by atoms with Crippen molar-refractivity contribution >= 4 is 50.7 Å². The molecule has 0 aromatic heterocycles.